The molecule has 0 radical (unpaired) electrons. The van der Waals surface area contributed by atoms with E-state index in [2.05, 4.69) is 10.0 Å². The summed E-state index contributed by atoms with van der Waals surface area (Å²) in [4.78, 5) is 12.3. The van der Waals surface area contributed by atoms with Gasteiger partial charge in [-0.25, -0.2) is 17.5 Å². The summed E-state index contributed by atoms with van der Waals surface area (Å²) >= 11 is 0. The van der Waals surface area contributed by atoms with Crippen molar-refractivity contribution in [1.82, 2.24) is 4.72 Å². The molecule has 126 valence electrons. The molecular weight excluding hydrogens is 331 g/mol. The minimum atomic E-state index is -3.54. The summed E-state index contributed by atoms with van der Waals surface area (Å²) in [7, 11) is -3.54. The Bertz CT molecular complexity index is 875. The molecule has 0 spiro atoms. The topological polar surface area (TPSA) is 75.3 Å². The lowest BCUT2D eigenvalue weighted by Gasteiger charge is -2.08. The normalized spacial score (nSPS) is 14.4. The van der Waals surface area contributed by atoms with Gasteiger partial charge in [-0.3, -0.25) is 4.79 Å². The second kappa shape index (κ2) is 6.33. The van der Waals surface area contributed by atoms with Crippen molar-refractivity contribution < 1.29 is 17.6 Å². The number of anilines is 1. The van der Waals surface area contributed by atoms with E-state index in [9.17, 15) is 17.6 Å². The van der Waals surface area contributed by atoms with Crippen LogP contribution in [0.15, 0.2) is 47.4 Å². The number of nitrogens with one attached hydrogen (secondary N) is 2. The number of carbonyl (C=O) groups is 1. The van der Waals surface area contributed by atoms with Crippen LogP contribution in [0.25, 0.3) is 0 Å². The van der Waals surface area contributed by atoms with Gasteiger partial charge in [0.1, 0.15) is 5.82 Å². The molecule has 2 N–H and O–H groups in total. The van der Waals surface area contributed by atoms with Gasteiger partial charge < -0.3 is 5.32 Å². The summed E-state index contributed by atoms with van der Waals surface area (Å²) in [5.41, 5.74) is 1.13. The highest BCUT2D eigenvalue weighted by molar-refractivity contribution is 7.89. The molecular formula is C17H17FN2O3S. The number of aryl methyl sites for hydroxylation is 1. The number of amides is 1. The van der Waals surface area contributed by atoms with E-state index in [0.717, 1.165) is 12.8 Å². The first-order valence-corrected chi connectivity index (χ1v) is 9.03. The summed E-state index contributed by atoms with van der Waals surface area (Å²) in [5, 5.41) is 2.58. The van der Waals surface area contributed by atoms with Gasteiger partial charge in [0.2, 0.25) is 10.0 Å². The Labute approximate surface area is 139 Å². The fourth-order valence-electron chi connectivity index (χ4n) is 2.15. The fourth-order valence-corrected chi connectivity index (χ4v) is 3.45. The molecule has 1 amide bonds. The second-order valence-corrected chi connectivity index (χ2v) is 7.55. The lowest BCUT2D eigenvalue weighted by Crippen LogP contribution is -2.25. The molecule has 0 bridgehead atoms. The highest BCUT2D eigenvalue weighted by Crippen LogP contribution is 2.22. The standard InChI is InChI=1S/C17H17FN2O3S/c1-11-2-5-14(10-16(11)18)19-17(21)12-3-8-15(9-4-12)24(22,23)20-13-6-7-13/h2-5,8-10,13,20H,6-7H2,1H3,(H,19,21). The summed E-state index contributed by atoms with van der Waals surface area (Å²) in [6.45, 7) is 1.63. The second-order valence-electron chi connectivity index (χ2n) is 5.84. The van der Waals surface area contributed by atoms with Gasteiger partial charge in [0.15, 0.2) is 0 Å². The number of benzene rings is 2. The van der Waals surface area contributed by atoms with Crippen molar-refractivity contribution in [3.63, 3.8) is 0 Å². The third-order valence-electron chi connectivity index (χ3n) is 3.76. The summed E-state index contributed by atoms with van der Waals surface area (Å²) in [6.07, 6.45) is 1.71. The number of sulfonamides is 1. The molecule has 0 aliphatic heterocycles. The zero-order valence-corrected chi connectivity index (χ0v) is 13.9. The van der Waals surface area contributed by atoms with Crippen LogP contribution in [-0.2, 0) is 10.0 Å². The van der Waals surface area contributed by atoms with Gasteiger partial charge in [-0.15, -0.1) is 0 Å². The van der Waals surface area contributed by atoms with Crippen LogP contribution in [0.1, 0.15) is 28.8 Å². The van der Waals surface area contributed by atoms with E-state index in [4.69, 9.17) is 0 Å². The lowest BCUT2D eigenvalue weighted by molar-refractivity contribution is 0.102. The Morgan fingerprint density at radius 1 is 1.12 bits per heavy atom. The number of carbonyl (C=O) groups excluding carboxylic acids is 1. The van der Waals surface area contributed by atoms with E-state index >= 15 is 0 Å². The van der Waals surface area contributed by atoms with Crippen molar-refractivity contribution in [2.24, 2.45) is 0 Å². The maximum atomic E-state index is 13.5. The van der Waals surface area contributed by atoms with Crippen LogP contribution in [-0.4, -0.2) is 20.4 Å². The molecule has 1 saturated carbocycles. The summed E-state index contributed by atoms with van der Waals surface area (Å²) < 4.78 is 40.2. The highest BCUT2D eigenvalue weighted by Gasteiger charge is 2.27. The smallest absolute Gasteiger partial charge is 0.255 e. The van der Waals surface area contributed by atoms with Gasteiger partial charge in [-0.1, -0.05) is 6.07 Å². The molecule has 7 heteroatoms. The van der Waals surface area contributed by atoms with Crippen molar-refractivity contribution in [3.8, 4) is 0 Å². The van der Waals surface area contributed by atoms with E-state index in [0.29, 0.717) is 16.8 Å². The Balaban J connectivity index is 1.72. The molecule has 0 atom stereocenters. The Morgan fingerprint density at radius 3 is 2.38 bits per heavy atom. The maximum absolute atomic E-state index is 13.5. The van der Waals surface area contributed by atoms with Crippen molar-refractivity contribution in [3.05, 3.63) is 59.4 Å². The van der Waals surface area contributed by atoms with Crippen LogP contribution in [0.4, 0.5) is 10.1 Å². The summed E-state index contributed by atoms with van der Waals surface area (Å²) in [5.74, 6) is -0.835. The number of halogens is 1. The lowest BCUT2D eigenvalue weighted by atomic mass is 10.2. The molecule has 2 aromatic carbocycles. The van der Waals surface area contributed by atoms with Crippen molar-refractivity contribution in [1.29, 1.82) is 0 Å². The predicted molar refractivity (Wildman–Crippen MR) is 88.9 cm³/mol. The monoisotopic (exact) mass is 348 g/mol. The molecule has 3 rings (SSSR count). The molecule has 1 aliphatic rings. The van der Waals surface area contributed by atoms with Gasteiger partial charge in [0.05, 0.1) is 4.90 Å². The molecule has 2 aromatic rings. The molecule has 0 saturated heterocycles. The van der Waals surface area contributed by atoms with Crippen molar-refractivity contribution >= 4 is 21.6 Å². The van der Waals surface area contributed by atoms with Gasteiger partial charge in [0.25, 0.3) is 5.91 Å². The van der Waals surface area contributed by atoms with Gasteiger partial charge in [-0.2, -0.15) is 0 Å². The fraction of sp³-hybridized carbons (Fsp3) is 0.235. The molecule has 1 fully saturated rings. The van der Waals surface area contributed by atoms with E-state index in [-0.39, 0.29) is 10.9 Å². The maximum Gasteiger partial charge on any atom is 0.255 e. The minimum Gasteiger partial charge on any atom is -0.322 e. The molecule has 0 aromatic heterocycles. The van der Waals surface area contributed by atoms with Crippen LogP contribution < -0.4 is 10.0 Å². The van der Waals surface area contributed by atoms with Gasteiger partial charge >= 0.3 is 0 Å². The quantitative estimate of drug-likeness (QED) is 0.872. The first-order chi connectivity index (χ1) is 11.3. The van der Waals surface area contributed by atoms with Crippen LogP contribution in [0.5, 0.6) is 0 Å². The molecule has 1 aliphatic carbocycles. The van der Waals surface area contributed by atoms with E-state index in [1.54, 1.807) is 19.1 Å². The largest absolute Gasteiger partial charge is 0.322 e. The molecule has 0 heterocycles. The highest BCUT2D eigenvalue weighted by atomic mass is 32.2. The zero-order valence-electron chi connectivity index (χ0n) is 13.0. The van der Waals surface area contributed by atoms with Crippen LogP contribution in [0.3, 0.4) is 0 Å². The number of rotatable bonds is 5. The predicted octanol–water partition coefficient (Wildman–Crippen LogP) is 2.83. The Hall–Kier alpha value is -2.25. The summed E-state index contributed by atoms with van der Waals surface area (Å²) in [6, 6.07) is 10.1. The van der Waals surface area contributed by atoms with E-state index in [1.165, 1.54) is 30.3 Å². The molecule has 5 nitrogen and oxygen atoms in total. The third kappa shape index (κ3) is 3.80. The SMILES string of the molecule is Cc1ccc(NC(=O)c2ccc(S(=O)(=O)NC3CC3)cc2)cc1F. The van der Waals surface area contributed by atoms with Crippen LogP contribution >= 0.6 is 0 Å². The van der Waals surface area contributed by atoms with Crippen molar-refractivity contribution in [2.75, 3.05) is 5.32 Å². The Morgan fingerprint density at radius 2 is 1.79 bits per heavy atom. The molecule has 0 unspecified atom stereocenters. The number of hydrogen-bond donors (Lipinski definition) is 2. The Kier molecular flexibility index (Phi) is 4.38. The minimum absolute atomic E-state index is 0.0226. The average Bonchev–Trinajstić information content (AvgIpc) is 3.34. The first-order valence-electron chi connectivity index (χ1n) is 7.55. The van der Waals surface area contributed by atoms with Gasteiger partial charge in [-0.05, 0) is 61.7 Å². The van der Waals surface area contributed by atoms with Gasteiger partial charge in [0, 0.05) is 17.3 Å². The van der Waals surface area contributed by atoms with Crippen LogP contribution in [0, 0.1) is 12.7 Å². The van der Waals surface area contributed by atoms with E-state index in [1.807, 2.05) is 0 Å². The zero-order chi connectivity index (χ0) is 17.3. The first kappa shape index (κ1) is 16.6. The number of hydrogen-bond acceptors (Lipinski definition) is 3. The third-order valence-corrected chi connectivity index (χ3v) is 5.29. The van der Waals surface area contributed by atoms with Crippen LogP contribution in [0.2, 0.25) is 0 Å². The molecule has 24 heavy (non-hydrogen) atoms. The van der Waals surface area contributed by atoms with E-state index < -0.39 is 21.7 Å². The van der Waals surface area contributed by atoms with Crippen molar-refractivity contribution in [2.45, 2.75) is 30.7 Å². The average molecular weight is 348 g/mol.